The van der Waals surface area contributed by atoms with Gasteiger partial charge in [0.15, 0.2) is 11.5 Å². The van der Waals surface area contributed by atoms with Gasteiger partial charge in [-0.25, -0.2) is 8.42 Å². The number of nitrogens with one attached hydrogen (secondary N) is 1. The van der Waals surface area contributed by atoms with E-state index in [4.69, 9.17) is 9.47 Å². The normalized spacial score (nSPS) is 12.1. The summed E-state index contributed by atoms with van der Waals surface area (Å²) in [6, 6.07) is 27.4. The number of ether oxygens (including phenoxy) is 2. The van der Waals surface area contributed by atoms with Crippen LogP contribution in [0.25, 0.3) is 0 Å². The molecule has 1 unspecified atom stereocenters. The van der Waals surface area contributed by atoms with Crippen LogP contribution < -0.4 is 19.1 Å². The molecule has 0 radical (unpaired) electrons. The Kier molecular flexibility index (Phi) is 11.5. The lowest BCUT2D eigenvalue weighted by atomic mass is 10.00. The molecule has 0 saturated carbocycles. The van der Waals surface area contributed by atoms with Crippen LogP contribution in [0.15, 0.2) is 102 Å². The molecule has 9 nitrogen and oxygen atoms in total. The maximum Gasteiger partial charge on any atom is 0.264 e. The molecule has 48 heavy (non-hydrogen) atoms. The molecule has 0 aromatic heterocycles. The van der Waals surface area contributed by atoms with Crippen LogP contribution in [0.2, 0.25) is 0 Å². The second kappa shape index (κ2) is 15.4. The average molecular weight is 672 g/mol. The summed E-state index contributed by atoms with van der Waals surface area (Å²) in [5.41, 5.74) is 3.31. The van der Waals surface area contributed by atoms with E-state index in [1.165, 1.54) is 37.3 Å². The number of sulfonamides is 1. The maximum atomic E-state index is 14.7. The largest absolute Gasteiger partial charge is 0.493 e. The SMILES string of the molecule is COc1ccc(S(=O)(=O)N(CC(=O)N(Cc2ccccc2C)C(Cc2ccccc2)C(=O)NC(C)(C)C)c2ccc(C)cc2)cc1OC. The van der Waals surface area contributed by atoms with Gasteiger partial charge in [-0.2, -0.15) is 0 Å². The second-order valence-electron chi connectivity index (χ2n) is 12.8. The molecule has 2 amide bonds. The van der Waals surface area contributed by atoms with Gasteiger partial charge in [0.25, 0.3) is 10.0 Å². The first-order valence-electron chi connectivity index (χ1n) is 15.7. The fourth-order valence-electron chi connectivity index (χ4n) is 5.32. The van der Waals surface area contributed by atoms with Crippen molar-refractivity contribution in [3.63, 3.8) is 0 Å². The molecular weight excluding hydrogens is 627 g/mol. The van der Waals surface area contributed by atoms with E-state index in [2.05, 4.69) is 5.32 Å². The van der Waals surface area contributed by atoms with Gasteiger partial charge in [0.2, 0.25) is 11.8 Å². The van der Waals surface area contributed by atoms with Gasteiger partial charge in [-0.15, -0.1) is 0 Å². The van der Waals surface area contributed by atoms with Gasteiger partial charge in [0, 0.05) is 24.6 Å². The standard InChI is InChI=1S/C38H45N3O6S/c1-27-17-19-31(20-18-27)41(48(44,45)32-21-22-34(46-6)35(24-32)47-7)26-36(42)40(25-30-16-12-11-13-28(30)2)33(37(43)39-38(3,4)5)23-29-14-9-8-10-15-29/h8-22,24,33H,23,25-26H2,1-7H3,(H,39,43). The first kappa shape index (κ1) is 36.0. The molecule has 0 saturated heterocycles. The van der Waals surface area contributed by atoms with Gasteiger partial charge in [-0.3, -0.25) is 13.9 Å². The molecule has 254 valence electrons. The summed E-state index contributed by atoms with van der Waals surface area (Å²) in [6.07, 6.45) is 0.229. The highest BCUT2D eigenvalue weighted by Crippen LogP contribution is 2.32. The molecule has 0 aliphatic carbocycles. The van der Waals surface area contributed by atoms with Gasteiger partial charge in [0.05, 0.1) is 24.8 Å². The number of anilines is 1. The number of hydrogen-bond acceptors (Lipinski definition) is 6. The van der Waals surface area contributed by atoms with Crippen LogP contribution in [-0.2, 0) is 32.6 Å². The third-order valence-electron chi connectivity index (χ3n) is 7.92. The summed E-state index contributed by atoms with van der Waals surface area (Å²) in [7, 11) is -1.43. The Hall–Kier alpha value is -4.83. The highest BCUT2D eigenvalue weighted by atomic mass is 32.2. The quantitative estimate of drug-likeness (QED) is 0.185. The lowest BCUT2D eigenvalue weighted by molar-refractivity contribution is -0.140. The Balaban J connectivity index is 1.85. The van der Waals surface area contributed by atoms with E-state index in [0.29, 0.717) is 11.4 Å². The van der Waals surface area contributed by atoms with E-state index >= 15 is 0 Å². The zero-order valence-corrected chi connectivity index (χ0v) is 29.5. The minimum absolute atomic E-state index is 0.0784. The molecule has 0 heterocycles. The van der Waals surface area contributed by atoms with Crippen molar-refractivity contribution in [3.05, 3.63) is 119 Å². The molecule has 0 spiro atoms. The number of rotatable bonds is 13. The van der Waals surface area contributed by atoms with Crippen molar-refractivity contribution in [1.29, 1.82) is 0 Å². The second-order valence-corrected chi connectivity index (χ2v) is 14.6. The topological polar surface area (TPSA) is 105 Å². The van der Waals surface area contributed by atoms with Crippen LogP contribution in [0.3, 0.4) is 0 Å². The molecule has 0 bridgehead atoms. The molecular formula is C38H45N3O6S. The summed E-state index contributed by atoms with van der Waals surface area (Å²) in [5, 5.41) is 3.06. The van der Waals surface area contributed by atoms with Gasteiger partial charge in [-0.05, 0) is 75.6 Å². The van der Waals surface area contributed by atoms with Crippen molar-refractivity contribution < 1.29 is 27.5 Å². The third-order valence-corrected chi connectivity index (χ3v) is 9.68. The predicted molar refractivity (Wildman–Crippen MR) is 189 cm³/mol. The third kappa shape index (κ3) is 8.95. The van der Waals surface area contributed by atoms with Crippen molar-refractivity contribution in [3.8, 4) is 11.5 Å². The van der Waals surface area contributed by atoms with Gasteiger partial charge < -0.3 is 19.7 Å². The Morgan fingerprint density at radius 2 is 1.44 bits per heavy atom. The smallest absolute Gasteiger partial charge is 0.264 e. The monoisotopic (exact) mass is 671 g/mol. The summed E-state index contributed by atoms with van der Waals surface area (Å²) < 4.78 is 40.6. The van der Waals surface area contributed by atoms with Crippen LogP contribution in [0.5, 0.6) is 11.5 Å². The fourth-order valence-corrected chi connectivity index (χ4v) is 6.75. The van der Waals surface area contributed by atoms with E-state index in [1.807, 2.05) is 89.2 Å². The first-order chi connectivity index (χ1) is 22.7. The van der Waals surface area contributed by atoms with Gasteiger partial charge >= 0.3 is 0 Å². The number of amides is 2. The molecule has 1 N–H and O–H groups in total. The van der Waals surface area contributed by atoms with Crippen LogP contribution >= 0.6 is 0 Å². The number of carbonyl (C=O) groups is 2. The summed E-state index contributed by atoms with van der Waals surface area (Å²) in [5.74, 6) is -0.269. The zero-order chi connectivity index (χ0) is 35.1. The highest BCUT2D eigenvalue weighted by Gasteiger charge is 2.36. The van der Waals surface area contributed by atoms with Crippen molar-refractivity contribution in [2.45, 2.75) is 64.1 Å². The van der Waals surface area contributed by atoms with Crippen molar-refractivity contribution in [1.82, 2.24) is 10.2 Å². The maximum absolute atomic E-state index is 14.7. The average Bonchev–Trinajstić information content (AvgIpc) is 3.05. The van der Waals surface area contributed by atoms with Crippen LogP contribution in [0.4, 0.5) is 5.69 Å². The molecule has 4 rings (SSSR count). The van der Waals surface area contributed by atoms with E-state index in [9.17, 15) is 18.0 Å². The minimum Gasteiger partial charge on any atom is -0.493 e. The fraction of sp³-hybridized carbons (Fsp3) is 0.316. The number of carbonyl (C=O) groups excluding carboxylic acids is 2. The first-order valence-corrected chi connectivity index (χ1v) is 17.2. The molecule has 10 heteroatoms. The van der Waals surface area contributed by atoms with Crippen molar-refractivity contribution >= 4 is 27.5 Å². The van der Waals surface area contributed by atoms with Crippen molar-refractivity contribution in [2.24, 2.45) is 0 Å². The van der Waals surface area contributed by atoms with E-state index < -0.39 is 34.1 Å². The Morgan fingerprint density at radius 1 is 0.812 bits per heavy atom. The number of aryl methyl sites for hydroxylation is 2. The van der Waals surface area contributed by atoms with Crippen molar-refractivity contribution in [2.75, 3.05) is 25.1 Å². The zero-order valence-electron chi connectivity index (χ0n) is 28.7. The number of nitrogens with zero attached hydrogens (tertiary/aromatic N) is 2. The minimum atomic E-state index is -4.32. The molecule has 0 aliphatic rings. The lowest BCUT2D eigenvalue weighted by Gasteiger charge is -2.35. The van der Waals surface area contributed by atoms with E-state index in [1.54, 1.807) is 24.3 Å². The predicted octanol–water partition coefficient (Wildman–Crippen LogP) is 6.07. The Labute approximate surface area is 284 Å². The molecule has 1 atom stereocenters. The molecule has 4 aromatic carbocycles. The van der Waals surface area contributed by atoms with Gasteiger partial charge in [-0.1, -0.05) is 72.3 Å². The Bertz CT molecular complexity index is 1820. The number of methoxy groups -OCH3 is 2. The molecule has 0 aliphatic heterocycles. The highest BCUT2D eigenvalue weighted by molar-refractivity contribution is 7.92. The summed E-state index contributed by atoms with van der Waals surface area (Å²) >= 11 is 0. The van der Waals surface area contributed by atoms with Gasteiger partial charge in [0.1, 0.15) is 12.6 Å². The van der Waals surface area contributed by atoms with Crippen LogP contribution in [0.1, 0.15) is 43.0 Å². The van der Waals surface area contributed by atoms with Crippen LogP contribution in [-0.4, -0.2) is 57.5 Å². The summed E-state index contributed by atoms with van der Waals surface area (Å²) in [6.45, 7) is 9.03. The molecule has 0 fully saturated rings. The number of benzene rings is 4. The van der Waals surface area contributed by atoms with Crippen LogP contribution in [0, 0.1) is 13.8 Å². The van der Waals surface area contributed by atoms with E-state index in [-0.39, 0.29) is 29.5 Å². The lowest BCUT2D eigenvalue weighted by Crippen LogP contribution is -2.56. The Morgan fingerprint density at radius 3 is 2.04 bits per heavy atom. The number of hydrogen-bond donors (Lipinski definition) is 1. The molecule has 4 aromatic rings. The van der Waals surface area contributed by atoms with E-state index in [0.717, 1.165) is 26.6 Å². The summed E-state index contributed by atoms with van der Waals surface area (Å²) in [4.78, 5) is 30.2.